The van der Waals surface area contributed by atoms with Gasteiger partial charge in [-0.05, 0) is 20.8 Å². The van der Waals surface area contributed by atoms with E-state index in [0.717, 1.165) is 11.3 Å². The number of oxime groups is 1. The van der Waals surface area contributed by atoms with E-state index in [1.165, 1.54) is 26.2 Å². The Kier molecular flexibility index (Phi) is 5.63. The molecule has 1 aromatic rings. The van der Waals surface area contributed by atoms with E-state index in [2.05, 4.69) is 15.5 Å². The molecule has 2 atom stereocenters. The second-order valence-corrected chi connectivity index (χ2v) is 8.34. The van der Waals surface area contributed by atoms with Crippen LogP contribution in [0.5, 0.6) is 0 Å². The van der Waals surface area contributed by atoms with E-state index in [-0.39, 0.29) is 15.1 Å². The number of nitrogens with one attached hydrogen (secondary N) is 1. The molecular formula is C13H16N5O8S2-. The maximum absolute atomic E-state index is 12.5. The molecule has 0 aromatic carbocycles. The lowest BCUT2D eigenvalue weighted by atomic mass is 10.0. The van der Waals surface area contributed by atoms with Gasteiger partial charge in [0, 0.05) is 5.38 Å². The number of thiazole rings is 1. The van der Waals surface area contributed by atoms with Gasteiger partial charge in [-0.15, -0.1) is 11.3 Å². The number of nitrogen functional groups attached to an aromatic ring is 1. The lowest BCUT2D eigenvalue weighted by Crippen LogP contribution is -2.71. The second-order valence-electron chi connectivity index (χ2n) is 6.20. The van der Waals surface area contributed by atoms with Crippen molar-refractivity contribution < 1.29 is 37.3 Å². The number of aromatic nitrogens is 1. The molecule has 154 valence electrons. The molecule has 15 heteroatoms. The minimum Gasteiger partial charge on any atom is -0.731 e. The van der Waals surface area contributed by atoms with Gasteiger partial charge in [0.1, 0.15) is 11.7 Å². The molecule has 2 heterocycles. The van der Waals surface area contributed by atoms with Crippen LogP contribution in [-0.4, -0.2) is 68.5 Å². The molecule has 0 radical (unpaired) electrons. The number of carbonyl (C=O) groups excluding carboxylic acids is 2. The Bertz CT molecular complexity index is 954. The highest BCUT2D eigenvalue weighted by molar-refractivity contribution is 7.84. The van der Waals surface area contributed by atoms with Crippen LogP contribution < -0.4 is 11.1 Å². The maximum Gasteiger partial charge on any atom is 0.350 e. The molecule has 1 saturated heterocycles. The number of amides is 2. The van der Waals surface area contributed by atoms with E-state index in [1.54, 1.807) is 0 Å². The predicted molar refractivity (Wildman–Crippen MR) is 93.8 cm³/mol. The predicted octanol–water partition coefficient (Wildman–Crippen LogP) is -1.52. The molecule has 0 saturated carbocycles. The van der Waals surface area contributed by atoms with Gasteiger partial charge >= 0.3 is 5.97 Å². The van der Waals surface area contributed by atoms with Gasteiger partial charge in [0.15, 0.2) is 21.1 Å². The Labute approximate surface area is 163 Å². The lowest BCUT2D eigenvalue weighted by Gasteiger charge is -2.45. The van der Waals surface area contributed by atoms with E-state index in [1.807, 2.05) is 0 Å². The molecule has 0 bridgehead atoms. The van der Waals surface area contributed by atoms with E-state index in [0.29, 0.717) is 0 Å². The summed E-state index contributed by atoms with van der Waals surface area (Å²) in [4.78, 5) is 44.3. The maximum atomic E-state index is 12.5. The van der Waals surface area contributed by atoms with Crippen molar-refractivity contribution in [2.45, 2.75) is 38.5 Å². The first-order valence-corrected chi connectivity index (χ1v) is 9.81. The third kappa shape index (κ3) is 4.20. The summed E-state index contributed by atoms with van der Waals surface area (Å²) in [6.45, 7) is 3.64. The van der Waals surface area contributed by atoms with E-state index in [9.17, 15) is 27.4 Å². The Morgan fingerprint density at radius 3 is 2.54 bits per heavy atom. The van der Waals surface area contributed by atoms with Crippen LogP contribution in [-0.2, 0) is 29.5 Å². The Balaban J connectivity index is 2.26. The zero-order valence-corrected chi connectivity index (χ0v) is 16.4. The van der Waals surface area contributed by atoms with E-state index < -0.39 is 51.5 Å². The summed E-state index contributed by atoms with van der Waals surface area (Å²) in [7, 11) is -5.01. The zero-order chi connectivity index (χ0) is 21.4. The van der Waals surface area contributed by atoms with E-state index >= 15 is 0 Å². The van der Waals surface area contributed by atoms with Crippen molar-refractivity contribution >= 4 is 50.3 Å². The number of nitrogens with two attached hydrogens (primary N) is 1. The number of carbonyl (C=O) groups is 3. The zero-order valence-electron chi connectivity index (χ0n) is 14.8. The molecular weight excluding hydrogens is 418 g/mol. The molecule has 1 aliphatic rings. The lowest BCUT2D eigenvalue weighted by molar-refractivity contribution is -0.161. The smallest absolute Gasteiger partial charge is 0.350 e. The number of anilines is 1. The van der Waals surface area contributed by atoms with Gasteiger partial charge in [-0.1, -0.05) is 5.16 Å². The van der Waals surface area contributed by atoms with Crippen LogP contribution in [0.4, 0.5) is 5.13 Å². The van der Waals surface area contributed by atoms with Crippen LogP contribution in [0.1, 0.15) is 26.5 Å². The molecule has 2 rings (SSSR count). The summed E-state index contributed by atoms with van der Waals surface area (Å²) in [5, 5.41) is 16.3. The fraction of sp³-hybridized carbons (Fsp3) is 0.462. The second kappa shape index (κ2) is 7.33. The number of rotatable bonds is 7. The van der Waals surface area contributed by atoms with Gasteiger partial charge in [-0.3, -0.25) is 9.59 Å². The molecule has 2 amide bonds. The number of hydrogen-bond donors (Lipinski definition) is 3. The highest BCUT2D eigenvalue weighted by Crippen LogP contribution is 2.23. The van der Waals surface area contributed by atoms with Crippen molar-refractivity contribution in [2.24, 2.45) is 5.16 Å². The first-order chi connectivity index (χ1) is 12.8. The number of carboxylic acids is 1. The summed E-state index contributed by atoms with van der Waals surface area (Å²) in [6.07, 6.45) is 0. The summed E-state index contributed by atoms with van der Waals surface area (Å²) >= 11 is 0.971. The highest BCUT2D eigenvalue weighted by Gasteiger charge is 2.49. The van der Waals surface area contributed by atoms with Gasteiger partial charge in [0.05, 0.1) is 6.04 Å². The topological polar surface area (TPSA) is 204 Å². The van der Waals surface area contributed by atoms with Gasteiger partial charge < -0.3 is 25.5 Å². The van der Waals surface area contributed by atoms with Crippen molar-refractivity contribution in [2.75, 3.05) is 5.73 Å². The van der Waals surface area contributed by atoms with Crippen LogP contribution in [0, 0.1) is 0 Å². The molecule has 0 aliphatic carbocycles. The standard InChI is InChI=1S/C13H17N5O8S2/c1-5-7(10(20)18(5)28(23,24)25)16-9(19)8(6-4-27-12(14)15-6)17-26-13(2,3)11(21)22/h4-5,7H,1-3H3,(H2,14,15)(H,16,19)(H,21,22)(H,23,24,25)/p-1/b17-8-/t5?,7-/m0/s1. The van der Waals surface area contributed by atoms with Crippen molar-refractivity contribution in [3.05, 3.63) is 11.1 Å². The Morgan fingerprint density at radius 2 is 2.11 bits per heavy atom. The van der Waals surface area contributed by atoms with Crippen LogP contribution in [0.15, 0.2) is 10.5 Å². The Hall–Kier alpha value is -2.78. The summed E-state index contributed by atoms with van der Waals surface area (Å²) in [5.74, 6) is -3.47. The van der Waals surface area contributed by atoms with Crippen LogP contribution in [0.3, 0.4) is 0 Å². The number of carboxylic acid groups (broad SMARTS) is 1. The third-order valence-electron chi connectivity index (χ3n) is 3.72. The van der Waals surface area contributed by atoms with Gasteiger partial charge in [0.25, 0.3) is 11.8 Å². The monoisotopic (exact) mass is 434 g/mol. The summed E-state index contributed by atoms with van der Waals surface area (Å²) in [5.41, 5.74) is 3.21. The van der Waals surface area contributed by atoms with E-state index in [4.69, 9.17) is 15.7 Å². The van der Waals surface area contributed by atoms with Crippen molar-refractivity contribution in [1.29, 1.82) is 0 Å². The minimum atomic E-state index is -5.01. The average molecular weight is 434 g/mol. The van der Waals surface area contributed by atoms with Crippen molar-refractivity contribution in [3.8, 4) is 0 Å². The summed E-state index contributed by atoms with van der Waals surface area (Å²) < 4.78 is 33.1. The summed E-state index contributed by atoms with van der Waals surface area (Å²) in [6, 6.07) is -2.41. The van der Waals surface area contributed by atoms with Crippen molar-refractivity contribution in [1.82, 2.24) is 14.6 Å². The fourth-order valence-corrected chi connectivity index (χ4v) is 3.51. The SMILES string of the molecule is CC1[C@H](NC(=O)/C(=N\OC(C)(C)C(=O)O)c2csc(N)n2)C(=O)N1S(=O)(=O)[O-]. The van der Waals surface area contributed by atoms with Gasteiger partial charge in [-0.2, -0.15) is 0 Å². The molecule has 28 heavy (non-hydrogen) atoms. The van der Waals surface area contributed by atoms with Crippen LogP contribution >= 0.6 is 11.3 Å². The molecule has 1 aliphatic heterocycles. The largest absolute Gasteiger partial charge is 0.731 e. The number of hydrogen-bond acceptors (Lipinski definition) is 11. The number of aliphatic carboxylic acids is 1. The number of nitrogens with zero attached hydrogens (tertiary/aromatic N) is 3. The molecule has 13 nitrogen and oxygen atoms in total. The normalized spacial score (nSPS) is 20.5. The van der Waals surface area contributed by atoms with Crippen LogP contribution in [0.2, 0.25) is 0 Å². The molecule has 1 unspecified atom stereocenters. The fourth-order valence-electron chi connectivity index (χ4n) is 2.10. The quantitative estimate of drug-likeness (QED) is 0.196. The average Bonchev–Trinajstić information content (AvgIpc) is 2.97. The number of β-lactam (4-membered cyclic amide) rings is 1. The van der Waals surface area contributed by atoms with Gasteiger partial charge in [-0.25, -0.2) is 22.5 Å². The van der Waals surface area contributed by atoms with Crippen LogP contribution in [0.25, 0.3) is 0 Å². The van der Waals surface area contributed by atoms with Gasteiger partial charge in [0.2, 0.25) is 5.60 Å². The minimum absolute atomic E-state index is 0.0473. The molecule has 1 fully saturated rings. The molecule has 4 N–H and O–H groups in total. The van der Waals surface area contributed by atoms with Crippen molar-refractivity contribution in [3.63, 3.8) is 0 Å². The third-order valence-corrected chi connectivity index (χ3v) is 5.39. The first-order valence-electron chi connectivity index (χ1n) is 7.56. The molecule has 1 aromatic heterocycles. The molecule has 0 spiro atoms. The Morgan fingerprint density at radius 1 is 1.50 bits per heavy atom. The first kappa shape index (κ1) is 21.5. The highest BCUT2D eigenvalue weighted by atomic mass is 32.2.